The summed E-state index contributed by atoms with van der Waals surface area (Å²) in [5, 5.41) is 10.1. The van der Waals surface area contributed by atoms with Crippen LogP contribution in [0.5, 0.6) is 0 Å². The van der Waals surface area contributed by atoms with Crippen molar-refractivity contribution in [3.05, 3.63) is 42.0 Å². The average molecular weight is 259 g/mol. The molecule has 0 saturated heterocycles. The van der Waals surface area contributed by atoms with Crippen molar-refractivity contribution in [2.75, 3.05) is 11.9 Å². The number of nitrogens with one attached hydrogen (secondary N) is 2. The molecule has 2 N–H and O–H groups in total. The van der Waals surface area contributed by atoms with Gasteiger partial charge in [0.05, 0.1) is 24.1 Å². The number of pyridine rings is 1. The fourth-order valence-electron chi connectivity index (χ4n) is 1.66. The van der Waals surface area contributed by atoms with Crippen LogP contribution in [-0.4, -0.2) is 27.2 Å². The minimum atomic E-state index is -0.200. The summed E-state index contributed by atoms with van der Waals surface area (Å²) in [6, 6.07) is 5.40. The summed E-state index contributed by atoms with van der Waals surface area (Å²) >= 11 is 0. The first-order chi connectivity index (χ1) is 9.19. The van der Waals surface area contributed by atoms with Gasteiger partial charge in [0.25, 0.3) is 5.91 Å². The third-order valence-electron chi connectivity index (χ3n) is 2.58. The van der Waals surface area contributed by atoms with Crippen LogP contribution >= 0.6 is 0 Å². The lowest BCUT2D eigenvalue weighted by Gasteiger charge is -2.05. The number of nitrogens with zero attached hydrogens (tertiary/aromatic N) is 3. The molecule has 6 nitrogen and oxygen atoms in total. The molecule has 2 aromatic heterocycles. The number of hydrogen-bond donors (Lipinski definition) is 2. The van der Waals surface area contributed by atoms with E-state index >= 15 is 0 Å². The molecule has 0 saturated carbocycles. The SMILES string of the molecule is CCNc1ccc(C(=O)NCc2ccn(C)n2)nc1. The van der Waals surface area contributed by atoms with Gasteiger partial charge in [-0.1, -0.05) is 0 Å². The van der Waals surface area contributed by atoms with Crippen molar-refractivity contribution < 1.29 is 4.79 Å². The quantitative estimate of drug-likeness (QED) is 0.845. The molecular weight excluding hydrogens is 242 g/mol. The number of aromatic nitrogens is 3. The number of hydrogen-bond acceptors (Lipinski definition) is 4. The van der Waals surface area contributed by atoms with Gasteiger partial charge in [0.15, 0.2) is 0 Å². The first-order valence-corrected chi connectivity index (χ1v) is 6.15. The summed E-state index contributed by atoms with van der Waals surface area (Å²) in [6.45, 7) is 3.23. The lowest BCUT2D eigenvalue weighted by molar-refractivity contribution is 0.0945. The van der Waals surface area contributed by atoms with Gasteiger partial charge < -0.3 is 10.6 Å². The fraction of sp³-hybridized carbons (Fsp3) is 0.308. The summed E-state index contributed by atoms with van der Waals surface area (Å²) in [5.41, 5.74) is 2.13. The molecule has 0 aliphatic rings. The van der Waals surface area contributed by atoms with E-state index in [0.29, 0.717) is 12.2 Å². The van der Waals surface area contributed by atoms with Gasteiger partial charge in [-0.3, -0.25) is 9.48 Å². The number of amides is 1. The van der Waals surface area contributed by atoms with E-state index in [1.165, 1.54) is 0 Å². The van der Waals surface area contributed by atoms with Gasteiger partial charge in [-0.2, -0.15) is 5.10 Å². The molecule has 2 heterocycles. The van der Waals surface area contributed by atoms with Gasteiger partial charge in [-0.15, -0.1) is 0 Å². The van der Waals surface area contributed by atoms with Crippen molar-refractivity contribution in [1.29, 1.82) is 0 Å². The van der Waals surface area contributed by atoms with Gasteiger partial charge in [0.1, 0.15) is 5.69 Å². The van der Waals surface area contributed by atoms with Crippen LogP contribution in [0.3, 0.4) is 0 Å². The molecule has 0 aromatic carbocycles. The maximum atomic E-state index is 11.9. The van der Waals surface area contributed by atoms with Crippen LogP contribution in [0.4, 0.5) is 5.69 Å². The predicted octanol–water partition coefficient (Wildman–Crippen LogP) is 1.18. The molecule has 0 radical (unpaired) electrons. The van der Waals surface area contributed by atoms with Crippen LogP contribution in [0, 0.1) is 0 Å². The predicted molar refractivity (Wildman–Crippen MR) is 72.8 cm³/mol. The molecule has 2 aromatic rings. The molecule has 100 valence electrons. The van der Waals surface area contributed by atoms with Gasteiger partial charge in [0.2, 0.25) is 0 Å². The Hall–Kier alpha value is -2.37. The van der Waals surface area contributed by atoms with Crippen LogP contribution in [0.25, 0.3) is 0 Å². The van der Waals surface area contributed by atoms with Crippen LogP contribution in [-0.2, 0) is 13.6 Å². The van der Waals surface area contributed by atoms with Crippen molar-refractivity contribution in [3.63, 3.8) is 0 Å². The van der Waals surface area contributed by atoms with Crippen molar-refractivity contribution in [2.45, 2.75) is 13.5 Å². The lowest BCUT2D eigenvalue weighted by Crippen LogP contribution is -2.24. The second-order valence-electron chi connectivity index (χ2n) is 4.13. The van der Waals surface area contributed by atoms with Gasteiger partial charge in [-0.25, -0.2) is 4.98 Å². The first-order valence-electron chi connectivity index (χ1n) is 6.15. The third-order valence-corrected chi connectivity index (χ3v) is 2.58. The smallest absolute Gasteiger partial charge is 0.270 e. The van der Waals surface area contributed by atoms with Gasteiger partial charge in [-0.05, 0) is 25.1 Å². The third kappa shape index (κ3) is 3.54. The van der Waals surface area contributed by atoms with Gasteiger partial charge >= 0.3 is 0 Å². The number of aryl methyl sites for hydroxylation is 1. The molecule has 0 aliphatic carbocycles. The van der Waals surface area contributed by atoms with E-state index in [9.17, 15) is 4.79 Å². The zero-order chi connectivity index (χ0) is 13.7. The van der Waals surface area contributed by atoms with Gasteiger partial charge in [0, 0.05) is 19.8 Å². The Morgan fingerprint density at radius 3 is 2.79 bits per heavy atom. The summed E-state index contributed by atoms with van der Waals surface area (Å²) in [4.78, 5) is 16.0. The lowest BCUT2D eigenvalue weighted by atomic mass is 10.3. The largest absolute Gasteiger partial charge is 0.384 e. The zero-order valence-corrected chi connectivity index (χ0v) is 11.1. The molecule has 0 unspecified atom stereocenters. The minimum Gasteiger partial charge on any atom is -0.384 e. The Balaban J connectivity index is 1.92. The highest BCUT2D eigenvalue weighted by Gasteiger charge is 2.07. The Morgan fingerprint density at radius 2 is 2.21 bits per heavy atom. The van der Waals surface area contributed by atoms with Crippen molar-refractivity contribution in [1.82, 2.24) is 20.1 Å². The normalized spacial score (nSPS) is 10.2. The minimum absolute atomic E-state index is 0.200. The molecule has 0 spiro atoms. The number of anilines is 1. The Bertz CT molecular complexity index is 546. The summed E-state index contributed by atoms with van der Waals surface area (Å²) < 4.78 is 1.70. The molecule has 19 heavy (non-hydrogen) atoms. The van der Waals surface area contributed by atoms with Crippen molar-refractivity contribution >= 4 is 11.6 Å². The van der Waals surface area contributed by atoms with E-state index in [0.717, 1.165) is 17.9 Å². The van der Waals surface area contributed by atoms with E-state index < -0.39 is 0 Å². The van der Waals surface area contributed by atoms with Crippen molar-refractivity contribution in [3.8, 4) is 0 Å². The summed E-state index contributed by atoms with van der Waals surface area (Å²) in [6.07, 6.45) is 3.49. The van der Waals surface area contributed by atoms with E-state index in [4.69, 9.17) is 0 Å². The molecule has 2 rings (SSSR count). The van der Waals surface area contributed by atoms with E-state index in [1.54, 1.807) is 16.9 Å². The Kier molecular flexibility index (Phi) is 4.12. The second-order valence-corrected chi connectivity index (χ2v) is 4.13. The van der Waals surface area contributed by atoms with E-state index in [-0.39, 0.29) is 5.91 Å². The molecule has 1 amide bonds. The highest BCUT2D eigenvalue weighted by Crippen LogP contribution is 2.05. The summed E-state index contributed by atoms with van der Waals surface area (Å²) in [7, 11) is 1.84. The first kappa shape index (κ1) is 13.1. The van der Waals surface area contributed by atoms with Crippen LogP contribution in [0.1, 0.15) is 23.1 Å². The molecular formula is C13H17N5O. The van der Waals surface area contributed by atoms with Crippen LogP contribution in [0.2, 0.25) is 0 Å². The van der Waals surface area contributed by atoms with Crippen molar-refractivity contribution in [2.24, 2.45) is 7.05 Å². The topological polar surface area (TPSA) is 71.8 Å². The highest BCUT2D eigenvalue weighted by molar-refractivity contribution is 5.92. The molecule has 0 aliphatic heterocycles. The summed E-state index contributed by atoms with van der Waals surface area (Å²) in [5.74, 6) is -0.200. The number of carbonyl (C=O) groups is 1. The van der Waals surface area contributed by atoms with E-state index in [2.05, 4.69) is 20.7 Å². The number of carbonyl (C=O) groups excluding carboxylic acids is 1. The van der Waals surface area contributed by atoms with Crippen LogP contribution in [0.15, 0.2) is 30.6 Å². The zero-order valence-electron chi connectivity index (χ0n) is 11.1. The Morgan fingerprint density at radius 1 is 1.37 bits per heavy atom. The molecule has 0 fully saturated rings. The Labute approximate surface area is 111 Å². The molecule has 6 heteroatoms. The maximum absolute atomic E-state index is 11.9. The van der Waals surface area contributed by atoms with Crippen LogP contribution < -0.4 is 10.6 Å². The molecule has 0 bridgehead atoms. The monoisotopic (exact) mass is 259 g/mol. The maximum Gasteiger partial charge on any atom is 0.270 e. The number of rotatable bonds is 5. The highest BCUT2D eigenvalue weighted by atomic mass is 16.1. The second kappa shape index (κ2) is 5.99. The standard InChI is InChI=1S/C13H17N5O/c1-3-14-10-4-5-12(15-8-10)13(19)16-9-11-6-7-18(2)17-11/h4-8,14H,3,9H2,1-2H3,(H,16,19). The average Bonchev–Trinajstić information content (AvgIpc) is 2.83. The fourth-order valence-corrected chi connectivity index (χ4v) is 1.66. The van der Waals surface area contributed by atoms with E-state index in [1.807, 2.05) is 32.3 Å². The molecule has 0 atom stereocenters.